The molecule has 55 heavy (non-hydrogen) atoms. The molecule has 13 rings (SSSR count). The fraction of sp³-hybridized carbons (Fsp3) is 0.0588. The van der Waals surface area contributed by atoms with Crippen LogP contribution >= 0.6 is 0 Å². The predicted molar refractivity (Wildman–Crippen MR) is 229 cm³/mol. The summed E-state index contributed by atoms with van der Waals surface area (Å²) in [6, 6.07) is 57.7. The van der Waals surface area contributed by atoms with E-state index in [1.165, 1.54) is 71.1 Å². The Morgan fingerprint density at radius 1 is 0.473 bits per heavy atom. The van der Waals surface area contributed by atoms with Gasteiger partial charge in [-0.05, 0) is 69.4 Å². The van der Waals surface area contributed by atoms with Crippen LogP contribution < -0.4 is 0 Å². The van der Waals surface area contributed by atoms with Gasteiger partial charge in [0.05, 0.1) is 38.6 Å². The summed E-state index contributed by atoms with van der Waals surface area (Å²) in [5, 5.41) is 9.75. The summed E-state index contributed by atoms with van der Waals surface area (Å²) >= 11 is 0. The lowest BCUT2D eigenvalue weighted by atomic mass is 9.82. The standard InChI is InChI=1S/C51H32N4/c1-51(2)38-19-7-5-14-32(38)33-26-24-30(28-39(33)51)47-50(52-40-27-25-29-12-3-4-13-31(29)48(40)53-47)55-42-21-10-16-35-37-18-9-17-36-34-15-6-8-20-41(34)54(49(36)37)43-22-11-23-44(55)46(43)45(35)42/h3-28H,1-2H3. The van der Waals surface area contributed by atoms with Gasteiger partial charge in [-0.25, -0.2) is 9.97 Å². The smallest absolute Gasteiger partial charge is 0.165 e. The van der Waals surface area contributed by atoms with Gasteiger partial charge in [0.2, 0.25) is 0 Å². The molecule has 0 atom stereocenters. The van der Waals surface area contributed by atoms with E-state index in [0.717, 1.165) is 49.9 Å². The molecule has 4 nitrogen and oxygen atoms in total. The number of para-hydroxylation sites is 2. The molecule has 256 valence electrons. The number of hydrogen-bond donors (Lipinski definition) is 0. The second-order valence-corrected chi connectivity index (χ2v) is 15.7. The van der Waals surface area contributed by atoms with Crippen LogP contribution in [0.5, 0.6) is 0 Å². The van der Waals surface area contributed by atoms with E-state index >= 15 is 0 Å². The quantitative estimate of drug-likeness (QED) is 0.168. The summed E-state index contributed by atoms with van der Waals surface area (Å²) in [4.78, 5) is 11.3. The van der Waals surface area contributed by atoms with Gasteiger partial charge in [0.15, 0.2) is 5.82 Å². The fourth-order valence-corrected chi connectivity index (χ4v) is 10.2. The van der Waals surface area contributed by atoms with Gasteiger partial charge in [-0.3, -0.25) is 4.57 Å². The molecule has 0 saturated heterocycles. The average molecular weight is 701 g/mol. The van der Waals surface area contributed by atoms with Crippen molar-refractivity contribution in [2.24, 2.45) is 0 Å². The number of benzene rings is 8. The van der Waals surface area contributed by atoms with Gasteiger partial charge in [0, 0.05) is 43.3 Å². The lowest BCUT2D eigenvalue weighted by molar-refractivity contribution is 0.660. The van der Waals surface area contributed by atoms with Gasteiger partial charge in [-0.2, -0.15) is 0 Å². The Balaban J connectivity index is 1.20. The van der Waals surface area contributed by atoms with Crippen molar-refractivity contribution in [2.45, 2.75) is 19.3 Å². The molecule has 0 unspecified atom stereocenters. The highest BCUT2D eigenvalue weighted by Crippen LogP contribution is 2.50. The van der Waals surface area contributed by atoms with Crippen LogP contribution in [0.15, 0.2) is 158 Å². The molecule has 0 saturated carbocycles. The van der Waals surface area contributed by atoms with Gasteiger partial charge < -0.3 is 4.40 Å². The van der Waals surface area contributed by atoms with E-state index in [-0.39, 0.29) is 5.41 Å². The van der Waals surface area contributed by atoms with Crippen LogP contribution in [-0.4, -0.2) is 18.9 Å². The maximum absolute atomic E-state index is 5.66. The van der Waals surface area contributed by atoms with Crippen molar-refractivity contribution in [3.05, 3.63) is 169 Å². The molecule has 4 heterocycles. The van der Waals surface area contributed by atoms with Crippen LogP contribution in [0.2, 0.25) is 0 Å². The van der Waals surface area contributed by atoms with E-state index in [4.69, 9.17) is 9.97 Å². The summed E-state index contributed by atoms with van der Waals surface area (Å²) in [7, 11) is 0. The molecule has 0 radical (unpaired) electrons. The van der Waals surface area contributed by atoms with Crippen molar-refractivity contribution in [1.82, 2.24) is 18.9 Å². The first-order valence-electron chi connectivity index (χ1n) is 19.1. The Morgan fingerprint density at radius 2 is 1.13 bits per heavy atom. The first kappa shape index (κ1) is 29.4. The normalized spacial score (nSPS) is 13.8. The van der Waals surface area contributed by atoms with Crippen LogP contribution in [0.1, 0.15) is 25.0 Å². The Labute approximate surface area is 315 Å². The molecule has 1 aliphatic carbocycles. The highest BCUT2D eigenvalue weighted by atomic mass is 15.1. The van der Waals surface area contributed by atoms with Gasteiger partial charge >= 0.3 is 0 Å². The minimum atomic E-state index is -0.148. The molecule has 12 aromatic rings. The van der Waals surface area contributed by atoms with Crippen LogP contribution in [0.4, 0.5) is 0 Å². The minimum Gasteiger partial charge on any atom is -0.308 e. The van der Waals surface area contributed by atoms with Crippen molar-refractivity contribution in [2.75, 3.05) is 0 Å². The van der Waals surface area contributed by atoms with Crippen molar-refractivity contribution in [3.63, 3.8) is 0 Å². The first-order chi connectivity index (χ1) is 27.1. The summed E-state index contributed by atoms with van der Waals surface area (Å²) < 4.78 is 4.88. The zero-order valence-electron chi connectivity index (χ0n) is 30.3. The molecule has 0 N–H and O–H groups in total. The lowest BCUT2D eigenvalue weighted by Gasteiger charge is -2.22. The molecular weight excluding hydrogens is 669 g/mol. The fourth-order valence-electron chi connectivity index (χ4n) is 10.2. The Morgan fingerprint density at radius 3 is 2.04 bits per heavy atom. The van der Waals surface area contributed by atoms with Gasteiger partial charge in [0.25, 0.3) is 0 Å². The predicted octanol–water partition coefficient (Wildman–Crippen LogP) is 13.0. The highest BCUT2D eigenvalue weighted by molar-refractivity contribution is 6.31. The van der Waals surface area contributed by atoms with Crippen molar-refractivity contribution < 1.29 is 0 Å². The van der Waals surface area contributed by atoms with E-state index in [2.05, 4.69) is 181 Å². The molecule has 0 bridgehead atoms. The van der Waals surface area contributed by atoms with Crippen LogP contribution in [0.25, 0.3) is 110 Å². The zero-order valence-corrected chi connectivity index (χ0v) is 30.3. The molecule has 0 amide bonds. The number of aromatic nitrogens is 4. The van der Waals surface area contributed by atoms with E-state index in [0.29, 0.717) is 0 Å². The molecule has 1 aliphatic rings. The maximum Gasteiger partial charge on any atom is 0.165 e. The average Bonchev–Trinajstić information content (AvgIpc) is 3.80. The third-order valence-electron chi connectivity index (χ3n) is 12.6. The number of fused-ring (bicyclic) bond motifs is 11. The Bertz CT molecular complexity index is 3640. The lowest BCUT2D eigenvalue weighted by Crippen LogP contribution is -2.15. The topological polar surface area (TPSA) is 35.1 Å². The third-order valence-corrected chi connectivity index (χ3v) is 12.6. The van der Waals surface area contributed by atoms with Gasteiger partial charge in [-0.15, -0.1) is 0 Å². The summed E-state index contributed by atoms with van der Waals surface area (Å²) in [6.07, 6.45) is 0. The second kappa shape index (κ2) is 10.1. The minimum absolute atomic E-state index is 0.148. The van der Waals surface area contributed by atoms with Crippen molar-refractivity contribution in [1.29, 1.82) is 0 Å². The molecule has 0 fully saturated rings. The SMILES string of the molecule is CC1(C)c2ccccc2-c2ccc(-c3nc4c(ccc5ccccc54)nc3-n3c4cccc5c6cccc7c8ccccc8n(c8cccc3c8c54)c67)cc21. The van der Waals surface area contributed by atoms with Crippen molar-refractivity contribution >= 4 is 81.7 Å². The van der Waals surface area contributed by atoms with Crippen LogP contribution in [-0.2, 0) is 5.41 Å². The van der Waals surface area contributed by atoms with E-state index in [1.54, 1.807) is 0 Å². The molecule has 8 aromatic carbocycles. The number of rotatable bonds is 2. The second-order valence-electron chi connectivity index (χ2n) is 15.7. The van der Waals surface area contributed by atoms with E-state index in [9.17, 15) is 0 Å². The van der Waals surface area contributed by atoms with Crippen LogP contribution in [0, 0.1) is 0 Å². The third kappa shape index (κ3) is 3.62. The molecule has 4 aromatic heterocycles. The molecule has 4 heteroatoms. The molecular formula is C51H32N4. The van der Waals surface area contributed by atoms with Gasteiger partial charge in [0.1, 0.15) is 5.69 Å². The number of hydrogen-bond acceptors (Lipinski definition) is 2. The highest BCUT2D eigenvalue weighted by Gasteiger charge is 2.36. The molecule has 0 spiro atoms. The maximum atomic E-state index is 5.66. The van der Waals surface area contributed by atoms with E-state index in [1.807, 2.05) is 0 Å². The largest absolute Gasteiger partial charge is 0.308 e. The number of nitrogens with zero attached hydrogens (tertiary/aromatic N) is 4. The Hall–Kier alpha value is -7.04. The van der Waals surface area contributed by atoms with Crippen LogP contribution in [0.3, 0.4) is 0 Å². The summed E-state index contributed by atoms with van der Waals surface area (Å²) in [6.45, 7) is 4.69. The summed E-state index contributed by atoms with van der Waals surface area (Å²) in [5.41, 5.74) is 14.8. The zero-order chi connectivity index (χ0) is 36.2. The van der Waals surface area contributed by atoms with E-state index < -0.39 is 0 Å². The monoisotopic (exact) mass is 700 g/mol. The van der Waals surface area contributed by atoms with Crippen molar-refractivity contribution in [3.8, 4) is 28.2 Å². The van der Waals surface area contributed by atoms with Gasteiger partial charge in [-0.1, -0.05) is 135 Å². The molecule has 0 aliphatic heterocycles. The Kier molecular flexibility index (Phi) is 5.42. The first-order valence-corrected chi connectivity index (χ1v) is 19.1. The summed E-state index contributed by atoms with van der Waals surface area (Å²) in [5.74, 6) is 0.835.